The molecule has 2 nitrogen and oxygen atoms in total. The number of rotatable bonds is 0. The summed E-state index contributed by atoms with van der Waals surface area (Å²) in [7, 11) is 0. The Morgan fingerprint density at radius 1 is 1.45 bits per heavy atom. The van der Waals surface area contributed by atoms with Gasteiger partial charge in [0.1, 0.15) is 4.32 Å². The van der Waals surface area contributed by atoms with Gasteiger partial charge >= 0.3 is 0 Å². The zero-order chi connectivity index (χ0) is 9.07. The predicted octanol–water partition coefficient (Wildman–Crippen LogP) is 1.94. The number of thioether (sulfide) groups is 1. The van der Waals surface area contributed by atoms with E-state index < -0.39 is 0 Å². The molecule has 0 saturated carbocycles. The molecule has 0 aliphatic heterocycles. The molecule has 0 aliphatic rings. The van der Waals surface area contributed by atoms with Crippen molar-refractivity contribution in [2.45, 2.75) is 32.4 Å². The summed E-state index contributed by atoms with van der Waals surface area (Å²) < 4.78 is 0.615. The van der Waals surface area contributed by atoms with Crippen LogP contribution < -0.4 is 5.32 Å². The zero-order valence-electron chi connectivity index (χ0n) is 7.22. The maximum absolute atomic E-state index is 10.5. The molecule has 0 atom stereocenters. The van der Waals surface area contributed by atoms with Crippen molar-refractivity contribution in [2.24, 2.45) is 0 Å². The third kappa shape index (κ3) is 7.81. The van der Waals surface area contributed by atoms with Gasteiger partial charge in [-0.05, 0) is 0 Å². The zero-order valence-corrected chi connectivity index (χ0v) is 8.86. The molecular weight excluding hydrogens is 178 g/mol. The second-order valence-corrected chi connectivity index (χ2v) is 5.69. The molecule has 1 amide bonds. The van der Waals surface area contributed by atoms with E-state index in [0.29, 0.717) is 4.32 Å². The van der Waals surface area contributed by atoms with Crippen molar-refractivity contribution in [2.75, 3.05) is 0 Å². The molecule has 0 aromatic rings. The van der Waals surface area contributed by atoms with E-state index in [1.807, 2.05) is 20.8 Å². The molecule has 11 heavy (non-hydrogen) atoms. The van der Waals surface area contributed by atoms with Crippen LogP contribution in [-0.2, 0) is 4.79 Å². The van der Waals surface area contributed by atoms with Crippen LogP contribution in [0.4, 0.5) is 0 Å². The summed E-state index contributed by atoms with van der Waals surface area (Å²) in [6.07, 6.45) is 0. The average Bonchev–Trinajstić information content (AvgIpc) is 1.53. The Hall–Kier alpha value is -0.0900. The summed E-state index contributed by atoms with van der Waals surface area (Å²) in [5.41, 5.74) is 0. The number of hydrogen-bond donors (Lipinski definition) is 1. The molecule has 0 aliphatic carbocycles. The predicted molar refractivity (Wildman–Crippen MR) is 53.8 cm³/mol. The summed E-state index contributed by atoms with van der Waals surface area (Å²) >= 11 is 6.39. The molecular formula is C7H13NOS2. The Bertz CT molecular complexity index is 172. The first-order chi connectivity index (χ1) is 4.81. The van der Waals surface area contributed by atoms with Gasteiger partial charge < -0.3 is 5.32 Å². The van der Waals surface area contributed by atoms with Crippen molar-refractivity contribution in [1.29, 1.82) is 0 Å². The van der Waals surface area contributed by atoms with Crippen molar-refractivity contribution in [3.63, 3.8) is 0 Å². The Morgan fingerprint density at radius 2 is 1.91 bits per heavy atom. The van der Waals surface area contributed by atoms with Crippen molar-refractivity contribution in [3.05, 3.63) is 0 Å². The lowest BCUT2D eigenvalue weighted by Gasteiger charge is -2.17. The first-order valence-corrected chi connectivity index (χ1v) is 4.54. The Morgan fingerprint density at radius 3 is 2.18 bits per heavy atom. The second-order valence-electron chi connectivity index (χ2n) is 3.18. The lowest BCUT2D eigenvalue weighted by Crippen LogP contribution is -2.27. The molecule has 0 unspecified atom stereocenters. The minimum atomic E-state index is -0.105. The van der Waals surface area contributed by atoms with Crippen molar-refractivity contribution in [3.8, 4) is 0 Å². The van der Waals surface area contributed by atoms with Crippen LogP contribution in [0.1, 0.15) is 27.7 Å². The van der Waals surface area contributed by atoms with Gasteiger partial charge in [0.15, 0.2) is 0 Å². The van der Waals surface area contributed by atoms with Crippen molar-refractivity contribution < 1.29 is 4.79 Å². The normalized spacial score (nSPS) is 10.9. The topological polar surface area (TPSA) is 29.1 Å². The number of carbonyl (C=O) groups excluding carboxylic acids is 1. The SMILES string of the molecule is CC(=O)NC(=S)SC(C)(C)C. The molecule has 4 heteroatoms. The van der Waals surface area contributed by atoms with E-state index in [-0.39, 0.29) is 10.7 Å². The van der Waals surface area contributed by atoms with Gasteiger partial charge in [0.05, 0.1) is 0 Å². The van der Waals surface area contributed by atoms with Crippen LogP contribution in [0.3, 0.4) is 0 Å². The minimum absolute atomic E-state index is 0.0690. The fraction of sp³-hybridized carbons (Fsp3) is 0.714. The van der Waals surface area contributed by atoms with Gasteiger partial charge in [0.2, 0.25) is 5.91 Å². The Labute approximate surface area is 77.1 Å². The molecule has 0 radical (unpaired) electrons. The molecule has 0 fully saturated rings. The van der Waals surface area contributed by atoms with Crippen LogP contribution in [0.2, 0.25) is 0 Å². The van der Waals surface area contributed by atoms with Gasteiger partial charge in [-0.2, -0.15) is 0 Å². The molecule has 64 valence electrons. The number of hydrogen-bond acceptors (Lipinski definition) is 3. The Balaban J connectivity index is 3.80. The van der Waals surface area contributed by atoms with Crippen LogP contribution >= 0.6 is 24.0 Å². The van der Waals surface area contributed by atoms with Crippen LogP contribution in [0, 0.1) is 0 Å². The highest BCUT2D eigenvalue weighted by Gasteiger charge is 2.14. The summed E-state index contributed by atoms with van der Waals surface area (Å²) in [4.78, 5) is 10.5. The van der Waals surface area contributed by atoms with Gasteiger partial charge in [-0.25, -0.2) is 0 Å². The fourth-order valence-electron chi connectivity index (χ4n) is 0.447. The lowest BCUT2D eigenvalue weighted by atomic mass is 10.3. The highest BCUT2D eigenvalue weighted by Crippen LogP contribution is 2.23. The van der Waals surface area contributed by atoms with Crippen LogP contribution in [0.25, 0.3) is 0 Å². The van der Waals surface area contributed by atoms with Gasteiger partial charge in [-0.3, -0.25) is 4.79 Å². The first-order valence-electron chi connectivity index (χ1n) is 3.32. The molecule has 0 spiro atoms. The van der Waals surface area contributed by atoms with E-state index in [2.05, 4.69) is 5.32 Å². The fourth-order valence-corrected chi connectivity index (χ4v) is 2.09. The molecule has 0 aromatic carbocycles. The van der Waals surface area contributed by atoms with E-state index in [1.54, 1.807) is 0 Å². The maximum atomic E-state index is 10.5. The smallest absolute Gasteiger partial charge is 0.222 e. The summed E-state index contributed by atoms with van der Waals surface area (Å²) in [6, 6.07) is 0. The van der Waals surface area contributed by atoms with Crippen LogP contribution in [-0.4, -0.2) is 15.0 Å². The van der Waals surface area contributed by atoms with Crippen molar-refractivity contribution in [1.82, 2.24) is 5.32 Å². The molecule has 1 N–H and O–H groups in total. The number of thiocarbonyl (C=S) groups is 1. The van der Waals surface area contributed by atoms with E-state index in [1.165, 1.54) is 18.7 Å². The highest BCUT2D eigenvalue weighted by molar-refractivity contribution is 8.23. The van der Waals surface area contributed by atoms with Gasteiger partial charge in [0.25, 0.3) is 0 Å². The van der Waals surface area contributed by atoms with E-state index in [9.17, 15) is 4.79 Å². The average molecular weight is 191 g/mol. The third-order valence-electron chi connectivity index (χ3n) is 0.677. The minimum Gasteiger partial charge on any atom is -0.312 e. The summed E-state index contributed by atoms with van der Waals surface area (Å²) in [6.45, 7) is 7.60. The molecule has 0 saturated heterocycles. The quantitative estimate of drug-likeness (QED) is 0.593. The van der Waals surface area contributed by atoms with Gasteiger partial charge in [-0.1, -0.05) is 44.8 Å². The first kappa shape index (κ1) is 10.9. The molecule has 0 heterocycles. The van der Waals surface area contributed by atoms with Gasteiger partial charge in [0, 0.05) is 11.7 Å². The largest absolute Gasteiger partial charge is 0.312 e. The number of carbonyl (C=O) groups is 1. The molecule has 0 aromatic heterocycles. The summed E-state index contributed by atoms with van der Waals surface area (Å²) in [5, 5.41) is 2.55. The van der Waals surface area contributed by atoms with E-state index >= 15 is 0 Å². The maximum Gasteiger partial charge on any atom is 0.222 e. The number of amides is 1. The molecule has 0 bridgehead atoms. The number of nitrogens with one attached hydrogen (secondary N) is 1. The van der Waals surface area contributed by atoms with E-state index in [4.69, 9.17) is 12.2 Å². The Kier molecular flexibility index (Phi) is 4.03. The van der Waals surface area contributed by atoms with E-state index in [0.717, 1.165) is 0 Å². The van der Waals surface area contributed by atoms with Crippen molar-refractivity contribution >= 4 is 34.2 Å². The second kappa shape index (κ2) is 4.07. The monoisotopic (exact) mass is 191 g/mol. The summed E-state index contributed by atoms with van der Waals surface area (Å²) in [5.74, 6) is -0.105. The highest BCUT2D eigenvalue weighted by atomic mass is 32.2. The van der Waals surface area contributed by atoms with Crippen LogP contribution in [0.5, 0.6) is 0 Å². The van der Waals surface area contributed by atoms with Gasteiger partial charge in [-0.15, -0.1) is 0 Å². The van der Waals surface area contributed by atoms with Crippen LogP contribution in [0.15, 0.2) is 0 Å². The molecule has 0 rings (SSSR count). The standard InChI is InChI=1S/C7H13NOS2/c1-5(9)8-6(10)11-7(2,3)4/h1-4H3,(H,8,9,10). The lowest BCUT2D eigenvalue weighted by molar-refractivity contribution is -0.117. The third-order valence-corrected chi connectivity index (χ3v) is 1.93.